The van der Waals surface area contributed by atoms with E-state index in [1.165, 1.54) is 18.4 Å². The van der Waals surface area contributed by atoms with Crippen LogP contribution in [0.1, 0.15) is 36.6 Å². The van der Waals surface area contributed by atoms with E-state index in [0.29, 0.717) is 54.5 Å². The van der Waals surface area contributed by atoms with Gasteiger partial charge in [0.15, 0.2) is 4.80 Å². The van der Waals surface area contributed by atoms with Gasteiger partial charge in [-0.15, -0.1) is 0 Å². The molecule has 10 heteroatoms. The molecular weight excluding hydrogens is 668 g/mol. The number of nitrogens with zero attached hydrogens (tertiary/aromatic N) is 2. The Morgan fingerprint density at radius 3 is 2.39 bits per heavy atom. The average molecular weight is 700 g/mol. The molecule has 0 spiro atoms. The Morgan fingerprint density at radius 1 is 0.935 bits per heavy atom. The number of aromatic nitrogens is 1. The lowest BCUT2D eigenvalue weighted by Crippen LogP contribution is -2.40. The molecule has 4 aromatic carbocycles. The Kier molecular flexibility index (Phi) is 9.10. The van der Waals surface area contributed by atoms with E-state index in [-0.39, 0.29) is 17.7 Å². The summed E-state index contributed by atoms with van der Waals surface area (Å²) in [6.07, 6.45) is 1.85. The highest BCUT2D eigenvalue weighted by molar-refractivity contribution is 9.10. The molecule has 1 aromatic heterocycles. The van der Waals surface area contributed by atoms with Crippen LogP contribution in [-0.4, -0.2) is 38.0 Å². The summed E-state index contributed by atoms with van der Waals surface area (Å²) in [6, 6.07) is 23.9. The number of carbonyl (C=O) groups is 1. The minimum absolute atomic E-state index is 0.145. The molecule has 1 aliphatic heterocycles. The second kappa shape index (κ2) is 13.4. The number of carbonyl (C=O) groups excluding carboxylic acids is 1. The summed E-state index contributed by atoms with van der Waals surface area (Å²) in [7, 11) is 3.10. The zero-order valence-electron chi connectivity index (χ0n) is 25.7. The molecule has 0 aliphatic carbocycles. The molecule has 8 nitrogen and oxygen atoms in total. The molecule has 6 rings (SSSR count). The molecule has 0 N–H and O–H groups in total. The first-order valence-corrected chi connectivity index (χ1v) is 16.4. The van der Waals surface area contributed by atoms with Crippen molar-refractivity contribution in [2.45, 2.75) is 19.9 Å². The molecule has 0 unspecified atom stereocenters. The number of ether oxygens (including phenoxy) is 4. The highest BCUT2D eigenvalue weighted by Gasteiger charge is 2.37. The van der Waals surface area contributed by atoms with Crippen LogP contribution in [0.4, 0.5) is 0 Å². The van der Waals surface area contributed by atoms with E-state index in [4.69, 9.17) is 23.9 Å². The predicted octanol–water partition coefficient (Wildman–Crippen LogP) is 6.27. The van der Waals surface area contributed by atoms with E-state index < -0.39 is 12.0 Å². The van der Waals surface area contributed by atoms with Gasteiger partial charge in [-0.3, -0.25) is 9.36 Å². The van der Waals surface area contributed by atoms with Crippen LogP contribution in [-0.2, 0) is 9.53 Å². The van der Waals surface area contributed by atoms with Crippen LogP contribution in [0.5, 0.6) is 17.2 Å². The maximum absolute atomic E-state index is 14.6. The zero-order chi connectivity index (χ0) is 32.4. The highest BCUT2D eigenvalue weighted by Crippen LogP contribution is 2.42. The lowest BCUT2D eigenvalue weighted by Gasteiger charge is -2.27. The van der Waals surface area contributed by atoms with Gasteiger partial charge >= 0.3 is 5.97 Å². The van der Waals surface area contributed by atoms with Crippen molar-refractivity contribution >= 4 is 55.8 Å². The molecule has 234 valence electrons. The second-order valence-corrected chi connectivity index (χ2v) is 12.2. The van der Waals surface area contributed by atoms with Gasteiger partial charge in [0.05, 0.1) is 47.7 Å². The monoisotopic (exact) mass is 698 g/mol. The quantitative estimate of drug-likeness (QED) is 0.169. The first-order valence-electron chi connectivity index (χ1n) is 14.7. The van der Waals surface area contributed by atoms with Crippen molar-refractivity contribution in [1.82, 2.24) is 4.57 Å². The molecule has 0 bridgehead atoms. The normalized spacial score (nSPS) is 14.5. The average Bonchev–Trinajstić information content (AvgIpc) is 3.39. The molecule has 1 atom stereocenters. The first kappa shape index (κ1) is 31.3. The first-order chi connectivity index (χ1) is 22.4. The number of rotatable bonds is 9. The van der Waals surface area contributed by atoms with Crippen LogP contribution < -0.4 is 29.1 Å². The molecule has 0 amide bonds. The van der Waals surface area contributed by atoms with Gasteiger partial charge in [0.25, 0.3) is 5.56 Å². The van der Waals surface area contributed by atoms with Crippen LogP contribution in [0.25, 0.3) is 22.5 Å². The van der Waals surface area contributed by atoms with Gasteiger partial charge in [-0.2, -0.15) is 0 Å². The SMILES string of the molecule is CCOC(=O)C1=C(c2ccccc2)N=c2s/c(=C\c3c(OCC)ccc4ccccc34)c(=O)n2[C@@H]1c1cc(Br)c(OC)cc1OC. The van der Waals surface area contributed by atoms with Gasteiger partial charge in [0.2, 0.25) is 0 Å². The number of hydrogen-bond donors (Lipinski definition) is 0. The predicted molar refractivity (Wildman–Crippen MR) is 183 cm³/mol. The van der Waals surface area contributed by atoms with Crippen molar-refractivity contribution in [2.75, 3.05) is 27.4 Å². The second-order valence-electron chi connectivity index (χ2n) is 10.3. The van der Waals surface area contributed by atoms with Gasteiger partial charge in [0.1, 0.15) is 23.3 Å². The Morgan fingerprint density at radius 2 is 1.67 bits per heavy atom. The summed E-state index contributed by atoms with van der Waals surface area (Å²) in [5.41, 5.74) is 2.40. The van der Waals surface area contributed by atoms with E-state index in [9.17, 15) is 9.59 Å². The van der Waals surface area contributed by atoms with E-state index in [1.54, 1.807) is 24.7 Å². The lowest BCUT2D eigenvalue weighted by atomic mass is 9.92. The lowest BCUT2D eigenvalue weighted by molar-refractivity contribution is -0.138. The van der Waals surface area contributed by atoms with Crippen molar-refractivity contribution in [2.24, 2.45) is 4.99 Å². The summed E-state index contributed by atoms with van der Waals surface area (Å²) in [6.45, 7) is 4.28. The summed E-state index contributed by atoms with van der Waals surface area (Å²) in [4.78, 5) is 33.9. The van der Waals surface area contributed by atoms with E-state index in [1.807, 2.05) is 85.8 Å². The summed E-state index contributed by atoms with van der Waals surface area (Å²) < 4.78 is 25.6. The maximum Gasteiger partial charge on any atom is 0.338 e. The topological polar surface area (TPSA) is 88.4 Å². The number of methoxy groups -OCH3 is 2. The van der Waals surface area contributed by atoms with Crippen molar-refractivity contribution < 1.29 is 23.7 Å². The van der Waals surface area contributed by atoms with E-state index >= 15 is 0 Å². The number of fused-ring (bicyclic) bond motifs is 2. The molecule has 0 saturated carbocycles. The fraction of sp³-hybridized carbons (Fsp3) is 0.194. The van der Waals surface area contributed by atoms with Crippen molar-refractivity contribution in [1.29, 1.82) is 0 Å². The molecular formula is C36H31BrN2O6S. The largest absolute Gasteiger partial charge is 0.496 e. The van der Waals surface area contributed by atoms with Crippen LogP contribution in [0.3, 0.4) is 0 Å². The number of benzene rings is 4. The standard InChI is InChI=1S/C36H31BrN2O6S/c1-5-44-27-17-16-21-12-10-11-15-23(21)24(27)19-30-34(40)39-33(25-18-26(37)29(43-4)20-28(25)42-3)31(35(41)45-6-2)32(38-36(39)46-30)22-13-8-7-9-14-22/h7-20,33H,5-6H2,1-4H3/b30-19-/t33-/m1/s1. The van der Waals surface area contributed by atoms with Gasteiger partial charge < -0.3 is 18.9 Å². The fourth-order valence-electron chi connectivity index (χ4n) is 5.67. The maximum atomic E-state index is 14.6. The van der Waals surface area contributed by atoms with E-state index in [0.717, 1.165) is 16.3 Å². The number of thiazole rings is 1. The van der Waals surface area contributed by atoms with Crippen LogP contribution in [0.2, 0.25) is 0 Å². The van der Waals surface area contributed by atoms with Gasteiger partial charge in [-0.05, 0) is 58.8 Å². The van der Waals surface area contributed by atoms with Gasteiger partial charge in [-0.1, -0.05) is 72.0 Å². The van der Waals surface area contributed by atoms with Crippen LogP contribution in [0, 0.1) is 0 Å². The highest BCUT2D eigenvalue weighted by atomic mass is 79.9. The summed E-state index contributed by atoms with van der Waals surface area (Å²) in [5, 5.41) is 1.97. The number of hydrogen-bond acceptors (Lipinski definition) is 8. The number of esters is 1. The minimum Gasteiger partial charge on any atom is -0.496 e. The van der Waals surface area contributed by atoms with E-state index in [2.05, 4.69) is 15.9 Å². The Labute approximate surface area is 278 Å². The van der Waals surface area contributed by atoms with Gasteiger partial charge in [-0.25, -0.2) is 9.79 Å². The van der Waals surface area contributed by atoms with Gasteiger partial charge in [0, 0.05) is 22.8 Å². The molecule has 0 saturated heterocycles. The molecule has 1 aliphatic rings. The smallest absolute Gasteiger partial charge is 0.338 e. The van der Waals surface area contributed by atoms with Crippen LogP contribution in [0.15, 0.2) is 98.7 Å². The Balaban J connectivity index is 1.72. The van der Waals surface area contributed by atoms with Crippen molar-refractivity contribution in [3.63, 3.8) is 0 Å². The third-order valence-electron chi connectivity index (χ3n) is 7.68. The minimum atomic E-state index is -0.927. The third kappa shape index (κ3) is 5.63. The molecule has 5 aromatic rings. The Bertz CT molecular complexity index is 2170. The van der Waals surface area contributed by atoms with Crippen LogP contribution >= 0.6 is 27.3 Å². The molecule has 0 radical (unpaired) electrons. The zero-order valence-corrected chi connectivity index (χ0v) is 28.1. The molecule has 0 fully saturated rings. The summed E-state index contributed by atoms with van der Waals surface area (Å²) in [5.74, 6) is 1.06. The van der Waals surface area contributed by atoms with Crippen molar-refractivity contribution in [3.8, 4) is 17.2 Å². The van der Waals surface area contributed by atoms with Crippen molar-refractivity contribution in [3.05, 3.63) is 125 Å². The summed E-state index contributed by atoms with van der Waals surface area (Å²) >= 11 is 4.85. The molecule has 46 heavy (non-hydrogen) atoms. The Hall–Kier alpha value is -4.67. The number of halogens is 1. The third-order valence-corrected chi connectivity index (χ3v) is 9.28. The molecule has 2 heterocycles. The fourth-order valence-corrected chi connectivity index (χ4v) is 7.17.